The van der Waals surface area contributed by atoms with E-state index in [2.05, 4.69) is 4.90 Å². The molecule has 1 aliphatic rings. The summed E-state index contributed by atoms with van der Waals surface area (Å²) in [6, 6.07) is 15.5. The molecule has 0 spiro atoms. The minimum Gasteiger partial charge on any atom is -0.490 e. The molecule has 2 unspecified atom stereocenters. The second-order valence-corrected chi connectivity index (χ2v) is 7.13. The third-order valence-electron chi connectivity index (χ3n) is 4.95. The molecule has 0 saturated heterocycles. The summed E-state index contributed by atoms with van der Waals surface area (Å²) in [4.78, 5) is 13.6. The molecule has 6 heteroatoms. The third kappa shape index (κ3) is 5.64. The Bertz CT molecular complexity index is 792. The topological polar surface area (TPSA) is 68.2 Å². The number of carboxylic acid groups (broad SMARTS) is 1. The Balaban J connectivity index is 1.60. The smallest absolute Gasteiger partial charge is 0.333 e. The summed E-state index contributed by atoms with van der Waals surface area (Å²) in [5.41, 5.74) is 1.93. The zero-order chi connectivity index (χ0) is 20.6. The van der Waals surface area contributed by atoms with E-state index in [9.17, 15) is 9.90 Å². The molecule has 0 amide bonds. The number of rotatable bonds is 10. The normalized spacial score (nSPS) is 15.2. The molecule has 0 fully saturated rings. The number of fused-ring (bicyclic) bond motifs is 1. The second kappa shape index (κ2) is 10.2. The highest BCUT2D eigenvalue weighted by atomic mass is 16.5. The number of benzene rings is 2. The fourth-order valence-corrected chi connectivity index (χ4v) is 3.33. The summed E-state index contributed by atoms with van der Waals surface area (Å²) >= 11 is 0. The van der Waals surface area contributed by atoms with E-state index in [4.69, 9.17) is 14.2 Å². The lowest BCUT2D eigenvalue weighted by molar-refractivity contribution is -0.150. The Morgan fingerprint density at radius 1 is 1.21 bits per heavy atom. The molecule has 3 rings (SSSR count). The summed E-state index contributed by atoms with van der Waals surface area (Å²) in [6.45, 7) is 5.91. The monoisotopic (exact) mass is 399 g/mol. The SMILES string of the molecule is CCCCOC(Cc1ccc(OC(C)N2CCOc3ccccc32)cc1)C(=O)O. The van der Waals surface area contributed by atoms with Crippen LogP contribution in [0.15, 0.2) is 48.5 Å². The van der Waals surface area contributed by atoms with E-state index in [1.165, 1.54) is 0 Å². The molecule has 2 atom stereocenters. The van der Waals surface area contributed by atoms with Gasteiger partial charge in [0.2, 0.25) is 0 Å². The molecule has 1 heterocycles. The van der Waals surface area contributed by atoms with Crippen LogP contribution in [0.2, 0.25) is 0 Å². The van der Waals surface area contributed by atoms with Crippen molar-refractivity contribution in [3.8, 4) is 11.5 Å². The molecule has 29 heavy (non-hydrogen) atoms. The Kier molecular flexibility index (Phi) is 7.36. The molecule has 0 aromatic heterocycles. The second-order valence-electron chi connectivity index (χ2n) is 7.13. The first-order chi connectivity index (χ1) is 14.1. The predicted molar refractivity (Wildman–Crippen MR) is 112 cm³/mol. The molecule has 0 aliphatic carbocycles. The van der Waals surface area contributed by atoms with E-state index in [1.54, 1.807) is 0 Å². The number of carbonyl (C=O) groups is 1. The number of anilines is 1. The predicted octanol–water partition coefficient (Wildman–Crippen LogP) is 4.12. The van der Waals surface area contributed by atoms with Crippen LogP contribution in [0, 0.1) is 0 Å². The van der Waals surface area contributed by atoms with Crippen LogP contribution in [0.4, 0.5) is 5.69 Å². The zero-order valence-corrected chi connectivity index (χ0v) is 17.0. The van der Waals surface area contributed by atoms with Gasteiger partial charge in [-0.2, -0.15) is 0 Å². The van der Waals surface area contributed by atoms with Gasteiger partial charge in [-0.3, -0.25) is 0 Å². The number of aliphatic carboxylic acids is 1. The van der Waals surface area contributed by atoms with Crippen LogP contribution in [0.1, 0.15) is 32.3 Å². The number of ether oxygens (including phenoxy) is 3. The largest absolute Gasteiger partial charge is 0.490 e. The van der Waals surface area contributed by atoms with Crippen molar-refractivity contribution in [3.63, 3.8) is 0 Å². The molecular formula is C23H29NO5. The van der Waals surface area contributed by atoms with Gasteiger partial charge in [-0.05, 0) is 43.2 Å². The van der Waals surface area contributed by atoms with Crippen molar-refractivity contribution in [2.45, 2.75) is 45.4 Å². The molecule has 2 aromatic rings. The average molecular weight is 399 g/mol. The molecule has 1 N–H and O–H groups in total. The quantitative estimate of drug-likeness (QED) is 0.606. The van der Waals surface area contributed by atoms with E-state index in [-0.39, 0.29) is 6.23 Å². The van der Waals surface area contributed by atoms with Crippen molar-refractivity contribution in [1.82, 2.24) is 0 Å². The van der Waals surface area contributed by atoms with Crippen LogP contribution in [-0.4, -0.2) is 43.2 Å². The zero-order valence-electron chi connectivity index (χ0n) is 17.0. The standard InChI is InChI=1S/C23H29NO5/c1-3-4-14-27-22(23(25)26)16-18-9-11-19(12-10-18)29-17(2)24-13-15-28-21-8-6-5-7-20(21)24/h5-12,17,22H,3-4,13-16H2,1-2H3,(H,25,26). The fourth-order valence-electron chi connectivity index (χ4n) is 3.33. The average Bonchev–Trinajstić information content (AvgIpc) is 2.73. The molecule has 6 nitrogen and oxygen atoms in total. The maximum Gasteiger partial charge on any atom is 0.333 e. The van der Waals surface area contributed by atoms with E-state index < -0.39 is 12.1 Å². The van der Waals surface area contributed by atoms with Gasteiger partial charge in [0.15, 0.2) is 12.3 Å². The van der Waals surface area contributed by atoms with Crippen molar-refractivity contribution in [2.24, 2.45) is 0 Å². The number of unbranched alkanes of at least 4 members (excludes halogenated alkanes) is 1. The Morgan fingerprint density at radius 3 is 2.69 bits per heavy atom. The van der Waals surface area contributed by atoms with E-state index in [0.29, 0.717) is 19.6 Å². The minimum absolute atomic E-state index is 0.157. The van der Waals surface area contributed by atoms with Crippen molar-refractivity contribution < 1.29 is 24.1 Å². The highest BCUT2D eigenvalue weighted by Crippen LogP contribution is 2.32. The van der Waals surface area contributed by atoms with Gasteiger partial charge in [0.25, 0.3) is 0 Å². The maximum atomic E-state index is 11.4. The van der Waals surface area contributed by atoms with E-state index >= 15 is 0 Å². The Labute approximate surface area is 172 Å². The lowest BCUT2D eigenvalue weighted by atomic mass is 10.1. The van der Waals surface area contributed by atoms with Crippen LogP contribution in [-0.2, 0) is 16.0 Å². The third-order valence-corrected chi connectivity index (χ3v) is 4.95. The molecular weight excluding hydrogens is 370 g/mol. The molecule has 0 radical (unpaired) electrons. The first-order valence-electron chi connectivity index (χ1n) is 10.2. The summed E-state index contributed by atoms with van der Waals surface area (Å²) in [7, 11) is 0. The number of hydrogen-bond acceptors (Lipinski definition) is 5. The van der Waals surface area contributed by atoms with Crippen LogP contribution in [0.3, 0.4) is 0 Å². The number of hydrogen-bond donors (Lipinski definition) is 1. The van der Waals surface area contributed by atoms with Crippen molar-refractivity contribution >= 4 is 11.7 Å². The van der Waals surface area contributed by atoms with Gasteiger partial charge in [0.05, 0.1) is 12.2 Å². The highest BCUT2D eigenvalue weighted by Gasteiger charge is 2.23. The lowest BCUT2D eigenvalue weighted by Crippen LogP contribution is -2.42. The lowest BCUT2D eigenvalue weighted by Gasteiger charge is -2.35. The van der Waals surface area contributed by atoms with Gasteiger partial charge < -0.3 is 24.2 Å². The Morgan fingerprint density at radius 2 is 1.97 bits per heavy atom. The summed E-state index contributed by atoms with van der Waals surface area (Å²) in [5.74, 6) is 0.678. The summed E-state index contributed by atoms with van der Waals surface area (Å²) in [5, 5.41) is 9.37. The first kappa shape index (κ1) is 21.0. The highest BCUT2D eigenvalue weighted by molar-refractivity contribution is 5.72. The van der Waals surface area contributed by atoms with Gasteiger partial charge in [0, 0.05) is 13.0 Å². The first-order valence-corrected chi connectivity index (χ1v) is 10.2. The van der Waals surface area contributed by atoms with Gasteiger partial charge >= 0.3 is 5.97 Å². The van der Waals surface area contributed by atoms with Crippen LogP contribution >= 0.6 is 0 Å². The summed E-state index contributed by atoms with van der Waals surface area (Å²) < 4.78 is 17.3. The minimum atomic E-state index is -0.930. The van der Waals surface area contributed by atoms with Crippen LogP contribution in [0.5, 0.6) is 11.5 Å². The van der Waals surface area contributed by atoms with Gasteiger partial charge in [-0.15, -0.1) is 0 Å². The number of nitrogens with zero attached hydrogens (tertiary/aromatic N) is 1. The van der Waals surface area contributed by atoms with E-state index in [1.807, 2.05) is 62.4 Å². The van der Waals surface area contributed by atoms with Crippen molar-refractivity contribution in [2.75, 3.05) is 24.7 Å². The number of para-hydroxylation sites is 2. The van der Waals surface area contributed by atoms with Crippen LogP contribution < -0.4 is 14.4 Å². The molecule has 156 valence electrons. The fraction of sp³-hybridized carbons (Fsp3) is 0.435. The summed E-state index contributed by atoms with van der Waals surface area (Å²) in [6.07, 6.45) is 1.20. The van der Waals surface area contributed by atoms with Gasteiger partial charge in [0.1, 0.15) is 18.1 Å². The molecule has 2 aromatic carbocycles. The van der Waals surface area contributed by atoms with Gasteiger partial charge in [-0.25, -0.2) is 4.79 Å². The Hall–Kier alpha value is -2.73. The molecule has 1 aliphatic heterocycles. The molecule has 0 saturated carbocycles. The van der Waals surface area contributed by atoms with Crippen molar-refractivity contribution in [3.05, 3.63) is 54.1 Å². The number of carboxylic acids is 1. The molecule has 0 bridgehead atoms. The van der Waals surface area contributed by atoms with Crippen molar-refractivity contribution in [1.29, 1.82) is 0 Å². The van der Waals surface area contributed by atoms with E-state index in [0.717, 1.165) is 42.1 Å². The van der Waals surface area contributed by atoms with Gasteiger partial charge in [-0.1, -0.05) is 37.6 Å². The van der Waals surface area contributed by atoms with Crippen LogP contribution in [0.25, 0.3) is 0 Å². The maximum absolute atomic E-state index is 11.4.